The van der Waals surface area contributed by atoms with Crippen molar-refractivity contribution in [1.29, 1.82) is 0 Å². The van der Waals surface area contributed by atoms with Crippen LogP contribution >= 0.6 is 0 Å². The van der Waals surface area contributed by atoms with E-state index in [2.05, 4.69) is 0 Å². The first-order valence-electron chi connectivity index (χ1n) is 9.60. The predicted molar refractivity (Wildman–Crippen MR) is 108 cm³/mol. The van der Waals surface area contributed by atoms with Gasteiger partial charge in [-0.25, -0.2) is 8.78 Å². The number of carbonyl (C=O) groups is 3. The Hall–Kier alpha value is -3.13. The third kappa shape index (κ3) is 4.71. The SMILES string of the molecule is Cc1cc(F)c(CC(N)CC(=O)N2CC(=O)N(CC=O)c3ccccc3C2)cc1F. The van der Waals surface area contributed by atoms with Crippen LogP contribution < -0.4 is 10.6 Å². The average molecular weight is 415 g/mol. The number of hydrogen-bond donors (Lipinski definition) is 1. The second-order valence-corrected chi connectivity index (χ2v) is 7.41. The maximum Gasteiger partial charge on any atom is 0.247 e. The summed E-state index contributed by atoms with van der Waals surface area (Å²) < 4.78 is 27.8. The molecule has 0 aliphatic carbocycles. The molecule has 1 atom stereocenters. The molecule has 1 unspecified atom stereocenters. The first-order chi connectivity index (χ1) is 14.3. The van der Waals surface area contributed by atoms with E-state index in [1.165, 1.54) is 16.7 Å². The molecule has 0 aromatic heterocycles. The van der Waals surface area contributed by atoms with Crippen LogP contribution in [-0.2, 0) is 27.3 Å². The van der Waals surface area contributed by atoms with E-state index in [1.807, 2.05) is 0 Å². The van der Waals surface area contributed by atoms with Crippen LogP contribution in [0.25, 0.3) is 0 Å². The van der Waals surface area contributed by atoms with Crippen molar-refractivity contribution in [3.05, 3.63) is 64.7 Å². The monoisotopic (exact) mass is 415 g/mol. The van der Waals surface area contributed by atoms with Gasteiger partial charge in [0.1, 0.15) is 24.5 Å². The normalized spacial score (nSPS) is 14.9. The Kier molecular flexibility index (Phi) is 6.56. The maximum atomic E-state index is 14.1. The molecule has 0 saturated carbocycles. The number of nitrogens with zero attached hydrogens (tertiary/aromatic N) is 2. The van der Waals surface area contributed by atoms with Crippen LogP contribution in [0, 0.1) is 18.6 Å². The summed E-state index contributed by atoms with van der Waals surface area (Å²) in [6.45, 7) is 1.36. The number of benzene rings is 2. The number of para-hydroxylation sites is 1. The third-order valence-electron chi connectivity index (χ3n) is 5.13. The quantitative estimate of drug-likeness (QED) is 0.733. The van der Waals surface area contributed by atoms with E-state index >= 15 is 0 Å². The molecule has 0 saturated heterocycles. The molecule has 2 amide bonds. The van der Waals surface area contributed by atoms with Gasteiger partial charge in [0.05, 0.1) is 6.54 Å². The van der Waals surface area contributed by atoms with Gasteiger partial charge in [0.25, 0.3) is 0 Å². The summed E-state index contributed by atoms with van der Waals surface area (Å²) in [5.74, 6) is -1.85. The minimum atomic E-state index is -0.742. The smallest absolute Gasteiger partial charge is 0.247 e. The molecular weight excluding hydrogens is 392 g/mol. The number of aryl methyl sites for hydroxylation is 1. The van der Waals surface area contributed by atoms with E-state index in [-0.39, 0.29) is 55.4 Å². The number of rotatable bonds is 6. The predicted octanol–water partition coefficient (Wildman–Crippen LogP) is 2.11. The summed E-state index contributed by atoms with van der Waals surface area (Å²) in [5, 5.41) is 0. The number of anilines is 1. The Labute approximate surface area is 173 Å². The Morgan fingerprint density at radius 2 is 1.93 bits per heavy atom. The highest BCUT2D eigenvalue weighted by atomic mass is 19.1. The van der Waals surface area contributed by atoms with Gasteiger partial charge in [-0.3, -0.25) is 9.59 Å². The van der Waals surface area contributed by atoms with Gasteiger partial charge in [-0.2, -0.15) is 0 Å². The molecule has 0 fully saturated rings. The average Bonchev–Trinajstić information content (AvgIpc) is 2.83. The Morgan fingerprint density at radius 1 is 1.20 bits per heavy atom. The Morgan fingerprint density at radius 3 is 2.67 bits per heavy atom. The van der Waals surface area contributed by atoms with Crippen molar-refractivity contribution in [2.75, 3.05) is 18.0 Å². The number of carbonyl (C=O) groups excluding carboxylic acids is 3. The summed E-state index contributed by atoms with van der Waals surface area (Å²) in [4.78, 5) is 39.2. The molecule has 1 aliphatic rings. The fourth-order valence-corrected chi connectivity index (χ4v) is 3.56. The molecule has 3 rings (SSSR count). The van der Waals surface area contributed by atoms with Gasteiger partial charge >= 0.3 is 0 Å². The summed E-state index contributed by atoms with van der Waals surface area (Å²) in [6, 6.07) is 8.52. The minimum Gasteiger partial charge on any atom is -0.329 e. The van der Waals surface area contributed by atoms with E-state index in [4.69, 9.17) is 5.73 Å². The summed E-state index contributed by atoms with van der Waals surface area (Å²) in [7, 11) is 0. The van der Waals surface area contributed by atoms with E-state index in [9.17, 15) is 23.2 Å². The highest BCUT2D eigenvalue weighted by Crippen LogP contribution is 2.26. The fraction of sp³-hybridized carbons (Fsp3) is 0.318. The van der Waals surface area contributed by atoms with Gasteiger partial charge in [-0.1, -0.05) is 18.2 Å². The van der Waals surface area contributed by atoms with Crippen LogP contribution in [0.15, 0.2) is 36.4 Å². The van der Waals surface area contributed by atoms with E-state index in [0.29, 0.717) is 12.0 Å². The number of fused-ring (bicyclic) bond motifs is 1. The van der Waals surface area contributed by atoms with Crippen molar-refractivity contribution in [3.8, 4) is 0 Å². The summed E-state index contributed by atoms with van der Waals surface area (Å²) in [5.41, 5.74) is 7.66. The fourth-order valence-electron chi connectivity index (χ4n) is 3.56. The number of aldehydes is 1. The van der Waals surface area contributed by atoms with Crippen LogP contribution in [0.5, 0.6) is 0 Å². The van der Waals surface area contributed by atoms with Crippen LogP contribution in [0.2, 0.25) is 0 Å². The van der Waals surface area contributed by atoms with E-state index in [0.717, 1.165) is 17.7 Å². The lowest BCUT2D eigenvalue weighted by Gasteiger charge is -2.22. The van der Waals surface area contributed by atoms with Crippen LogP contribution in [0.4, 0.5) is 14.5 Å². The van der Waals surface area contributed by atoms with E-state index < -0.39 is 17.7 Å². The largest absolute Gasteiger partial charge is 0.329 e. The Bertz CT molecular complexity index is 980. The van der Waals surface area contributed by atoms with Gasteiger partial charge in [-0.15, -0.1) is 0 Å². The molecule has 158 valence electrons. The lowest BCUT2D eigenvalue weighted by atomic mass is 10.0. The van der Waals surface area contributed by atoms with Crippen molar-refractivity contribution in [3.63, 3.8) is 0 Å². The van der Waals surface area contributed by atoms with Gasteiger partial charge in [0, 0.05) is 24.7 Å². The second kappa shape index (κ2) is 9.13. The molecule has 2 aromatic carbocycles. The van der Waals surface area contributed by atoms with Gasteiger partial charge < -0.3 is 20.3 Å². The van der Waals surface area contributed by atoms with Gasteiger partial charge in [0.2, 0.25) is 11.8 Å². The third-order valence-corrected chi connectivity index (χ3v) is 5.13. The maximum absolute atomic E-state index is 14.1. The van der Waals surface area contributed by atoms with Crippen molar-refractivity contribution in [2.24, 2.45) is 5.73 Å². The number of nitrogens with two attached hydrogens (primary N) is 1. The first kappa shape index (κ1) is 21.6. The van der Waals surface area contributed by atoms with Crippen molar-refractivity contribution in [1.82, 2.24) is 4.90 Å². The molecule has 1 aliphatic heterocycles. The molecule has 8 heteroatoms. The van der Waals surface area contributed by atoms with Gasteiger partial charge in [-0.05, 0) is 48.2 Å². The molecule has 0 radical (unpaired) electrons. The molecule has 1 heterocycles. The molecule has 0 bridgehead atoms. The Balaban J connectivity index is 1.73. The number of hydrogen-bond acceptors (Lipinski definition) is 4. The highest BCUT2D eigenvalue weighted by Gasteiger charge is 2.29. The zero-order valence-corrected chi connectivity index (χ0v) is 16.6. The molecule has 6 nitrogen and oxygen atoms in total. The lowest BCUT2D eigenvalue weighted by Crippen LogP contribution is -2.42. The van der Waals surface area contributed by atoms with Crippen LogP contribution in [-0.4, -0.2) is 42.1 Å². The standard InChI is InChI=1S/C22H23F2N3O3/c1-14-8-19(24)16(10-18(14)23)9-17(25)11-21(29)26-12-15-4-2-3-5-20(15)27(6-7-28)22(30)13-26/h2-5,7-8,10,17H,6,9,11-13,25H2,1H3. The number of amides is 2. The van der Waals surface area contributed by atoms with Crippen LogP contribution in [0.1, 0.15) is 23.1 Å². The van der Waals surface area contributed by atoms with Crippen molar-refractivity contribution in [2.45, 2.75) is 32.4 Å². The first-order valence-corrected chi connectivity index (χ1v) is 9.60. The molecule has 0 spiro atoms. The van der Waals surface area contributed by atoms with Crippen molar-refractivity contribution < 1.29 is 23.2 Å². The zero-order valence-electron chi connectivity index (χ0n) is 16.6. The minimum absolute atomic E-state index is 0.00951. The molecule has 2 N–H and O–H groups in total. The lowest BCUT2D eigenvalue weighted by molar-refractivity contribution is -0.135. The molecule has 30 heavy (non-hydrogen) atoms. The number of halogens is 2. The molecular formula is C22H23F2N3O3. The van der Waals surface area contributed by atoms with E-state index in [1.54, 1.807) is 24.3 Å². The van der Waals surface area contributed by atoms with Crippen molar-refractivity contribution >= 4 is 23.8 Å². The highest BCUT2D eigenvalue weighted by molar-refractivity contribution is 6.00. The second-order valence-electron chi connectivity index (χ2n) is 7.41. The topological polar surface area (TPSA) is 83.7 Å². The summed E-state index contributed by atoms with van der Waals surface area (Å²) >= 11 is 0. The molecule has 2 aromatic rings. The van der Waals surface area contributed by atoms with Crippen LogP contribution in [0.3, 0.4) is 0 Å². The van der Waals surface area contributed by atoms with Gasteiger partial charge in [0.15, 0.2) is 0 Å². The zero-order chi connectivity index (χ0) is 21.8. The summed E-state index contributed by atoms with van der Waals surface area (Å²) in [6.07, 6.45) is 0.500.